The Balaban J connectivity index is 1.36. The SMILES string of the molecule is O=C(COc1ccc(Cl)cc1C1c2sc(=O)[nH]c2SC2C(=O)N(c3ccc(F)cc3)C(=O)C21)Nc1ccc(O)cc1. The van der Waals surface area contributed by atoms with Crippen LogP contribution < -0.4 is 19.8 Å². The third-order valence-corrected chi connectivity index (χ3v) is 9.36. The number of nitrogens with one attached hydrogen (secondary N) is 2. The Bertz CT molecular complexity index is 1740. The fourth-order valence-electron chi connectivity index (χ4n) is 4.98. The molecule has 0 spiro atoms. The van der Waals surface area contributed by atoms with Crippen LogP contribution in [0.3, 0.4) is 0 Å². The van der Waals surface area contributed by atoms with Crippen LogP contribution in [0.25, 0.3) is 0 Å². The number of thioether (sulfide) groups is 1. The summed E-state index contributed by atoms with van der Waals surface area (Å²) < 4.78 is 19.5. The Hall–Kier alpha value is -4.13. The number of carbonyl (C=O) groups is 3. The molecule has 1 fully saturated rings. The summed E-state index contributed by atoms with van der Waals surface area (Å²) >= 11 is 8.40. The molecule has 9 nitrogen and oxygen atoms in total. The van der Waals surface area contributed by atoms with Crippen molar-refractivity contribution in [3.8, 4) is 11.5 Å². The Morgan fingerprint density at radius 1 is 1.05 bits per heavy atom. The maximum absolute atomic E-state index is 13.9. The van der Waals surface area contributed by atoms with E-state index in [2.05, 4.69) is 10.3 Å². The van der Waals surface area contributed by atoms with Crippen LogP contribution in [0.4, 0.5) is 15.8 Å². The van der Waals surface area contributed by atoms with Crippen molar-refractivity contribution < 1.29 is 28.6 Å². The first-order valence-electron chi connectivity index (χ1n) is 12.2. The number of hydrogen-bond acceptors (Lipinski definition) is 8. The molecule has 208 valence electrons. The van der Waals surface area contributed by atoms with E-state index in [1.807, 2.05) is 0 Å². The molecule has 6 rings (SSSR count). The lowest BCUT2D eigenvalue weighted by atomic mass is 9.82. The third kappa shape index (κ3) is 5.09. The number of ether oxygens (including phenoxy) is 1. The van der Waals surface area contributed by atoms with Crippen LogP contribution in [0.1, 0.15) is 16.4 Å². The Morgan fingerprint density at radius 3 is 2.51 bits per heavy atom. The van der Waals surface area contributed by atoms with Crippen molar-refractivity contribution in [3.63, 3.8) is 0 Å². The first-order valence-corrected chi connectivity index (χ1v) is 14.3. The van der Waals surface area contributed by atoms with Gasteiger partial charge in [0.25, 0.3) is 5.91 Å². The van der Waals surface area contributed by atoms with E-state index in [0.717, 1.165) is 28.0 Å². The number of aromatic nitrogens is 1. The molecule has 3 amide bonds. The first-order chi connectivity index (χ1) is 19.7. The second-order valence-electron chi connectivity index (χ2n) is 9.30. The molecule has 3 heterocycles. The number of imide groups is 1. The number of hydrogen-bond donors (Lipinski definition) is 3. The highest BCUT2D eigenvalue weighted by atomic mass is 35.5. The second-order valence-corrected chi connectivity index (χ2v) is 11.9. The van der Waals surface area contributed by atoms with Gasteiger partial charge in [0.1, 0.15) is 22.6 Å². The molecule has 3 aromatic carbocycles. The maximum atomic E-state index is 13.9. The molecule has 3 N–H and O–H groups in total. The predicted octanol–water partition coefficient (Wildman–Crippen LogP) is 4.75. The molecule has 41 heavy (non-hydrogen) atoms. The number of phenols is 1. The van der Waals surface area contributed by atoms with Crippen LogP contribution in [0.15, 0.2) is 76.6 Å². The number of fused-ring (bicyclic) bond motifs is 2. The Morgan fingerprint density at radius 2 is 1.78 bits per heavy atom. The number of carbonyl (C=O) groups excluding carboxylic acids is 3. The van der Waals surface area contributed by atoms with Crippen LogP contribution in [-0.4, -0.2) is 39.7 Å². The summed E-state index contributed by atoms with van der Waals surface area (Å²) in [6, 6.07) is 15.7. The minimum absolute atomic E-state index is 0.0540. The van der Waals surface area contributed by atoms with E-state index in [1.165, 1.54) is 48.5 Å². The molecule has 3 unspecified atom stereocenters. The number of amides is 3. The molecule has 13 heteroatoms. The molecule has 0 aliphatic carbocycles. The van der Waals surface area contributed by atoms with E-state index < -0.39 is 47.2 Å². The summed E-state index contributed by atoms with van der Waals surface area (Å²) in [7, 11) is 0. The number of aromatic hydroxyl groups is 1. The number of anilines is 2. The highest BCUT2D eigenvalue weighted by Crippen LogP contribution is 2.54. The van der Waals surface area contributed by atoms with Gasteiger partial charge in [0.15, 0.2) is 6.61 Å². The van der Waals surface area contributed by atoms with Gasteiger partial charge in [0.2, 0.25) is 11.8 Å². The topological polar surface area (TPSA) is 129 Å². The highest BCUT2D eigenvalue weighted by Gasteiger charge is 2.56. The van der Waals surface area contributed by atoms with Crippen molar-refractivity contribution >= 4 is 63.8 Å². The summed E-state index contributed by atoms with van der Waals surface area (Å²) in [6.45, 7) is -0.393. The van der Waals surface area contributed by atoms with Gasteiger partial charge in [0.05, 0.1) is 16.6 Å². The number of nitrogens with zero attached hydrogens (tertiary/aromatic N) is 1. The number of benzene rings is 3. The Labute approximate surface area is 244 Å². The van der Waals surface area contributed by atoms with Gasteiger partial charge in [-0.05, 0) is 66.7 Å². The fourth-order valence-corrected chi connectivity index (χ4v) is 7.66. The summed E-state index contributed by atoms with van der Waals surface area (Å²) in [4.78, 5) is 56.5. The number of phenolic OH excluding ortho intramolecular Hbond substituents is 1. The average molecular weight is 612 g/mol. The van der Waals surface area contributed by atoms with E-state index in [0.29, 0.717) is 26.2 Å². The van der Waals surface area contributed by atoms with Gasteiger partial charge in [-0.25, -0.2) is 9.29 Å². The van der Waals surface area contributed by atoms with Gasteiger partial charge in [-0.15, -0.1) is 0 Å². The van der Waals surface area contributed by atoms with Gasteiger partial charge in [-0.3, -0.25) is 19.2 Å². The number of H-pyrrole nitrogens is 1. The Kier molecular flexibility index (Phi) is 7.06. The van der Waals surface area contributed by atoms with E-state index in [-0.39, 0.29) is 22.1 Å². The lowest BCUT2D eigenvalue weighted by molar-refractivity contribution is -0.122. The van der Waals surface area contributed by atoms with E-state index in [1.54, 1.807) is 18.2 Å². The maximum Gasteiger partial charge on any atom is 0.305 e. The summed E-state index contributed by atoms with van der Waals surface area (Å²) in [5.74, 6) is -3.40. The molecular weight excluding hydrogens is 593 g/mol. The van der Waals surface area contributed by atoms with Crippen LogP contribution in [0, 0.1) is 11.7 Å². The molecular formula is C28H19ClFN3O6S2. The van der Waals surface area contributed by atoms with Crippen LogP contribution in [0.5, 0.6) is 11.5 Å². The van der Waals surface area contributed by atoms with Gasteiger partial charge in [-0.2, -0.15) is 0 Å². The largest absolute Gasteiger partial charge is 0.508 e. The minimum Gasteiger partial charge on any atom is -0.508 e. The van der Waals surface area contributed by atoms with Gasteiger partial charge in [0, 0.05) is 27.1 Å². The average Bonchev–Trinajstić information content (AvgIpc) is 3.44. The van der Waals surface area contributed by atoms with Crippen molar-refractivity contribution in [2.24, 2.45) is 5.92 Å². The van der Waals surface area contributed by atoms with E-state index in [4.69, 9.17) is 16.3 Å². The number of rotatable bonds is 6. The highest BCUT2D eigenvalue weighted by molar-refractivity contribution is 8.00. The van der Waals surface area contributed by atoms with Crippen molar-refractivity contribution in [3.05, 3.63) is 97.7 Å². The first kappa shape index (κ1) is 27.1. The van der Waals surface area contributed by atoms with Crippen LogP contribution in [-0.2, 0) is 14.4 Å². The van der Waals surface area contributed by atoms with Gasteiger partial charge < -0.3 is 20.1 Å². The van der Waals surface area contributed by atoms with Crippen LogP contribution in [0.2, 0.25) is 5.02 Å². The quantitative estimate of drug-likeness (QED) is 0.212. The molecule has 2 aliphatic rings. The lowest BCUT2D eigenvalue weighted by Gasteiger charge is -2.31. The summed E-state index contributed by atoms with van der Waals surface area (Å²) in [6.07, 6.45) is 0. The van der Waals surface area contributed by atoms with Crippen molar-refractivity contribution in [2.75, 3.05) is 16.8 Å². The lowest BCUT2D eigenvalue weighted by Crippen LogP contribution is -2.32. The standard InChI is InChI=1S/C28H19ClFN3O6S2/c29-13-1-10-19(39-12-20(35)31-15-4-8-17(34)9-5-15)18(11-13)21-22-24(40-25-23(21)41-28(38)32-25)27(37)33(26(22)36)16-6-2-14(30)3-7-16/h1-11,21-22,24,34H,12H2,(H,31,35)(H,32,38). The van der Waals surface area contributed by atoms with E-state index in [9.17, 15) is 28.7 Å². The van der Waals surface area contributed by atoms with Crippen molar-refractivity contribution in [1.29, 1.82) is 0 Å². The molecule has 1 aromatic heterocycles. The zero-order chi connectivity index (χ0) is 28.8. The smallest absolute Gasteiger partial charge is 0.305 e. The monoisotopic (exact) mass is 611 g/mol. The van der Waals surface area contributed by atoms with Crippen molar-refractivity contribution in [1.82, 2.24) is 4.98 Å². The summed E-state index contributed by atoms with van der Waals surface area (Å²) in [5, 5.41) is 12.0. The zero-order valence-corrected chi connectivity index (χ0v) is 23.2. The van der Waals surface area contributed by atoms with Crippen LogP contribution >= 0.6 is 34.7 Å². The summed E-state index contributed by atoms with van der Waals surface area (Å²) in [5.41, 5.74) is 1.13. The zero-order valence-electron chi connectivity index (χ0n) is 20.8. The fraction of sp³-hybridized carbons (Fsp3) is 0.143. The third-order valence-electron chi connectivity index (χ3n) is 6.73. The molecule has 3 atom stereocenters. The molecule has 0 bridgehead atoms. The van der Waals surface area contributed by atoms with Crippen molar-refractivity contribution in [2.45, 2.75) is 16.2 Å². The van der Waals surface area contributed by atoms with Gasteiger partial charge >= 0.3 is 4.87 Å². The second kappa shape index (κ2) is 10.7. The number of thiazole rings is 1. The van der Waals surface area contributed by atoms with Gasteiger partial charge in [-0.1, -0.05) is 34.7 Å². The normalized spacial score (nSPS) is 19.6. The van der Waals surface area contributed by atoms with E-state index >= 15 is 0 Å². The number of aromatic amines is 1. The number of halogens is 2. The molecule has 4 aromatic rings. The minimum atomic E-state index is -0.928. The molecule has 0 radical (unpaired) electrons. The molecule has 0 saturated carbocycles. The molecule has 1 saturated heterocycles. The molecule has 2 aliphatic heterocycles. The predicted molar refractivity (Wildman–Crippen MR) is 152 cm³/mol.